The molecular weight excluding hydrogens is 232 g/mol. The summed E-state index contributed by atoms with van der Waals surface area (Å²) in [6.07, 6.45) is 0.710. The Balaban J connectivity index is 3.31. The minimum absolute atomic E-state index is 0.0103. The van der Waals surface area contributed by atoms with Gasteiger partial charge in [0.05, 0.1) is 12.7 Å². The molecule has 0 saturated heterocycles. The van der Waals surface area contributed by atoms with Gasteiger partial charge >= 0.3 is 0 Å². The van der Waals surface area contributed by atoms with Crippen molar-refractivity contribution in [2.75, 3.05) is 7.11 Å². The third-order valence-electron chi connectivity index (χ3n) is 2.03. The van der Waals surface area contributed by atoms with Gasteiger partial charge in [0.2, 0.25) is 0 Å². The third kappa shape index (κ3) is 3.65. The second-order valence-electron chi connectivity index (χ2n) is 4.74. The zero-order valence-corrected chi connectivity index (χ0v) is 11.5. The summed E-state index contributed by atoms with van der Waals surface area (Å²) in [5, 5.41) is 9.88. The lowest BCUT2D eigenvalue weighted by Crippen LogP contribution is -2.16. The minimum Gasteiger partial charge on any atom is -0.503 e. The maximum atomic E-state index is 10.8. The molecule has 0 aliphatic heterocycles. The average molecular weight is 248 g/mol. The highest BCUT2D eigenvalue weighted by Crippen LogP contribution is 2.30. The SMILES string of the molecule is COc1cc(C=O)cc(C#C[Si](C)(C)C)c1O. The first-order valence-electron chi connectivity index (χ1n) is 5.27. The van der Waals surface area contributed by atoms with Crippen molar-refractivity contribution >= 4 is 14.4 Å². The molecule has 0 aliphatic carbocycles. The van der Waals surface area contributed by atoms with Gasteiger partial charge in [-0.25, -0.2) is 0 Å². The molecule has 90 valence electrons. The summed E-state index contributed by atoms with van der Waals surface area (Å²) in [7, 11) is -0.0757. The van der Waals surface area contributed by atoms with Crippen LogP contribution in [0.15, 0.2) is 12.1 Å². The molecule has 0 saturated carbocycles. The van der Waals surface area contributed by atoms with Crippen LogP contribution in [0.25, 0.3) is 0 Å². The molecule has 1 rings (SSSR count). The van der Waals surface area contributed by atoms with E-state index in [0.717, 1.165) is 0 Å². The lowest BCUT2D eigenvalue weighted by Gasteiger charge is -2.07. The van der Waals surface area contributed by atoms with Crippen molar-refractivity contribution in [1.29, 1.82) is 0 Å². The highest BCUT2D eigenvalue weighted by molar-refractivity contribution is 6.83. The van der Waals surface area contributed by atoms with Crippen LogP contribution in [0.4, 0.5) is 0 Å². The number of phenols is 1. The molecule has 0 heterocycles. The molecule has 0 atom stereocenters. The van der Waals surface area contributed by atoms with E-state index in [0.29, 0.717) is 17.4 Å². The molecule has 4 heteroatoms. The molecule has 0 bridgehead atoms. The molecule has 1 aromatic rings. The molecule has 17 heavy (non-hydrogen) atoms. The Hall–Kier alpha value is -1.73. The van der Waals surface area contributed by atoms with Crippen LogP contribution in [0.1, 0.15) is 15.9 Å². The number of carbonyl (C=O) groups excluding carboxylic acids is 1. The number of hydrogen-bond acceptors (Lipinski definition) is 3. The molecule has 0 amide bonds. The Morgan fingerprint density at radius 1 is 1.35 bits per heavy atom. The van der Waals surface area contributed by atoms with Crippen molar-refractivity contribution in [3.8, 4) is 23.0 Å². The van der Waals surface area contributed by atoms with Crippen molar-refractivity contribution < 1.29 is 14.6 Å². The molecule has 3 nitrogen and oxygen atoms in total. The number of methoxy groups -OCH3 is 1. The largest absolute Gasteiger partial charge is 0.503 e. The predicted octanol–water partition coefficient (Wildman–Crippen LogP) is 2.44. The maximum Gasteiger partial charge on any atom is 0.173 e. The van der Waals surface area contributed by atoms with E-state index < -0.39 is 8.07 Å². The van der Waals surface area contributed by atoms with E-state index in [4.69, 9.17) is 4.74 Å². The Morgan fingerprint density at radius 2 is 2.00 bits per heavy atom. The van der Waals surface area contributed by atoms with Gasteiger partial charge in [-0.3, -0.25) is 4.79 Å². The van der Waals surface area contributed by atoms with Crippen molar-refractivity contribution in [2.45, 2.75) is 19.6 Å². The van der Waals surface area contributed by atoms with E-state index in [1.54, 1.807) is 6.07 Å². The van der Waals surface area contributed by atoms with Crippen LogP contribution >= 0.6 is 0 Å². The van der Waals surface area contributed by atoms with Gasteiger partial charge in [-0.1, -0.05) is 25.6 Å². The van der Waals surface area contributed by atoms with Gasteiger partial charge in [-0.05, 0) is 12.1 Å². The summed E-state index contributed by atoms with van der Waals surface area (Å²) in [6.45, 7) is 6.33. The molecule has 0 aliphatic rings. The first-order valence-corrected chi connectivity index (χ1v) is 8.77. The summed E-state index contributed by atoms with van der Waals surface area (Å²) < 4.78 is 4.99. The molecule has 0 unspecified atom stereocenters. The Labute approximate surface area is 102 Å². The summed E-state index contributed by atoms with van der Waals surface area (Å²) in [4.78, 5) is 10.8. The number of hydrogen-bond donors (Lipinski definition) is 1. The quantitative estimate of drug-likeness (QED) is 0.497. The van der Waals surface area contributed by atoms with Crippen LogP contribution in [-0.2, 0) is 0 Å². The normalized spacial score (nSPS) is 10.4. The number of phenolic OH excluding ortho intramolecular Hbond substituents is 1. The van der Waals surface area contributed by atoms with Gasteiger partial charge in [0.25, 0.3) is 0 Å². The van der Waals surface area contributed by atoms with E-state index in [1.807, 2.05) is 0 Å². The first kappa shape index (κ1) is 13.3. The zero-order valence-electron chi connectivity index (χ0n) is 10.5. The van der Waals surface area contributed by atoms with Gasteiger partial charge in [-0.2, -0.15) is 0 Å². The molecule has 1 N–H and O–H groups in total. The van der Waals surface area contributed by atoms with Crippen LogP contribution in [0.5, 0.6) is 11.5 Å². The molecule has 0 fully saturated rings. The Kier molecular flexibility index (Phi) is 3.97. The topological polar surface area (TPSA) is 46.5 Å². The first-order chi connectivity index (χ1) is 7.87. The van der Waals surface area contributed by atoms with Crippen molar-refractivity contribution in [2.24, 2.45) is 0 Å². The average Bonchev–Trinajstić information content (AvgIpc) is 2.26. The molecule has 0 radical (unpaired) electrons. The lowest BCUT2D eigenvalue weighted by molar-refractivity contribution is 0.112. The van der Waals surface area contributed by atoms with Gasteiger partial charge < -0.3 is 9.84 Å². The fourth-order valence-electron chi connectivity index (χ4n) is 1.20. The predicted molar refractivity (Wildman–Crippen MR) is 70.3 cm³/mol. The van der Waals surface area contributed by atoms with E-state index in [9.17, 15) is 9.90 Å². The van der Waals surface area contributed by atoms with E-state index in [1.165, 1.54) is 13.2 Å². The second kappa shape index (κ2) is 5.06. The fraction of sp³-hybridized carbons (Fsp3) is 0.308. The fourth-order valence-corrected chi connectivity index (χ4v) is 1.71. The number of rotatable bonds is 2. The van der Waals surface area contributed by atoms with Gasteiger partial charge in [0.15, 0.2) is 11.5 Å². The van der Waals surface area contributed by atoms with Crippen molar-refractivity contribution in [3.05, 3.63) is 23.3 Å². The van der Waals surface area contributed by atoms with Crippen LogP contribution in [0.2, 0.25) is 19.6 Å². The van der Waals surface area contributed by atoms with E-state index >= 15 is 0 Å². The summed E-state index contributed by atoms with van der Waals surface area (Å²) in [5.41, 5.74) is 4.02. The van der Waals surface area contributed by atoms with Gasteiger partial charge in [-0.15, -0.1) is 5.54 Å². The van der Waals surface area contributed by atoms with Gasteiger partial charge in [0, 0.05) is 5.56 Å². The number of ether oxygens (including phenoxy) is 1. The summed E-state index contributed by atoms with van der Waals surface area (Å²) >= 11 is 0. The smallest absolute Gasteiger partial charge is 0.173 e. The van der Waals surface area contributed by atoms with Crippen LogP contribution in [0.3, 0.4) is 0 Å². The standard InChI is InChI=1S/C13H16O3Si/c1-16-12-8-10(9-14)7-11(13(12)15)5-6-17(2,3)4/h7-9,15H,1-4H3. The Bertz CT molecular complexity index is 490. The van der Waals surface area contributed by atoms with E-state index in [2.05, 4.69) is 31.1 Å². The number of benzene rings is 1. The molecule has 0 aromatic heterocycles. The monoisotopic (exact) mass is 248 g/mol. The van der Waals surface area contributed by atoms with Crippen LogP contribution in [-0.4, -0.2) is 26.6 Å². The molecular formula is C13H16O3Si. The number of aldehydes is 1. The summed E-state index contributed by atoms with van der Waals surface area (Å²) in [5.74, 6) is 3.19. The zero-order chi connectivity index (χ0) is 13.1. The second-order valence-corrected chi connectivity index (χ2v) is 9.49. The summed E-state index contributed by atoms with van der Waals surface area (Å²) in [6, 6.07) is 3.06. The Morgan fingerprint density at radius 3 is 2.47 bits per heavy atom. The third-order valence-corrected chi connectivity index (χ3v) is 2.90. The lowest BCUT2D eigenvalue weighted by atomic mass is 10.1. The van der Waals surface area contributed by atoms with Gasteiger partial charge in [0.1, 0.15) is 14.4 Å². The number of aromatic hydroxyl groups is 1. The highest BCUT2D eigenvalue weighted by Gasteiger charge is 2.11. The van der Waals surface area contributed by atoms with Crippen molar-refractivity contribution in [3.63, 3.8) is 0 Å². The maximum absolute atomic E-state index is 10.8. The number of carbonyl (C=O) groups is 1. The highest BCUT2D eigenvalue weighted by atomic mass is 28.3. The van der Waals surface area contributed by atoms with Crippen LogP contribution in [0, 0.1) is 11.5 Å². The minimum atomic E-state index is -1.52. The molecule has 0 spiro atoms. The van der Waals surface area contributed by atoms with E-state index in [-0.39, 0.29) is 11.5 Å². The molecule has 1 aromatic carbocycles. The van der Waals surface area contributed by atoms with Crippen LogP contribution < -0.4 is 4.74 Å². The van der Waals surface area contributed by atoms with Crippen molar-refractivity contribution in [1.82, 2.24) is 0 Å².